The predicted octanol–water partition coefficient (Wildman–Crippen LogP) is 3.78. The van der Waals surface area contributed by atoms with Crippen molar-refractivity contribution in [2.45, 2.75) is 32.6 Å². The molecular weight excluding hydrogens is 432 g/mol. The van der Waals surface area contributed by atoms with Gasteiger partial charge in [0.15, 0.2) is 0 Å². The highest BCUT2D eigenvalue weighted by molar-refractivity contribution is 7.89. The van der Waals surface area contributed by atoms with E-state index < -0.39 is 15.9 Å². The lowest BCUT2D eigenvalue weighted by molar-refractivity contribution is 0.0998. The molecular formula is C23H32N2O6S. The van der Waals surface area contributed by atoms with Gasteiger partial charge in [0.1, 0.15) is 23.0 Å². The van der Waals surface area contributed by atoms with Crippen LogP contribution in [0.25, 0.3) is 0 Å². The number of hydrogen-bond donors (Lipinski definition) is 1. The topological polar surface area (TPSA) is 94.2 Å². The molecule has 0 unspecified atom stereocenters. The molecule has 32 heavy (non-hydrogen) atoms. The van der Waals surface area contributed by atoms with E-state index in [0.29, 0.717) is 56.5 Å². The molecule has 2 rings (SSSR count). The van der Waals surface area contributed by atoms with Crippen molar-refractivity contribution in [3.63, 3.8) is 0 Å². The van der Waals surface area contributed by atoms with Crippen molar-refractivity contribution in [1.29, 1.82) is 0 Å². The van der Waals surface area contributed by atoms with Crippen LogP contribution in [0.5, 0.6) is 11.5 Å². The Labute approximate surface area is 190 Å². The van der Waals surface area contributed by atoms with Crippen molar-refractivity contribution in [2.75, 3.05) is 44.8 Å². The average Bonchev–Trinajstić information content (AvgIpc) is 2.78. The second-order valence-corrected chi connectivity index (χ2v) is 8.59. The van der Waals surface area contributed by atoms with Crippen LogP contribution in [0.4, 0.5) is 5.69 Å². The van der Waals surface area contributed by atoms with E-state index in [1.54, 1.807) is 57.2 Å². The summed E-state index contributed by atoms with van der Waals surface area (Å²) in [6.45, 7) is 9.51. The van der Waals surface area contributed by atoms with Crippen LogP contribution in [0.1, 0.15) is 38.1 Å². The summed E-state index contributed by atoms with van der Waals surface area (Å²) in [5.74, 6) is 0.260. The van der Waals surface area contributed by atoms with E-state index in [0.717, 1.165) is 0 Å². The largest absolute Gasteiger partial charge is 0.492 e. The van der Waals surface area contributed by atoms with E-state index in [2.05, 4.69) is 5.32 Å². The Balaban J connectivity index is 2.31. The van der Waals surface area contributed by atoms with Gasteiger partial charge in [-0.3, -0.25) is 4.79 Å². The normalized spacial score (nSPS) is 11.4. The van der Waals surface area contributed by atoms with Crippen molar-refractivity contribution < 1.29 is 27.4 Å². The Morgan fingerprint density at radius 1 is 0.906 bits per heavy atom. The Morgan fingerprint density at radius 3 is 2.28 bits per heavy atom. The highest BCUT2D eigenvalue weighted by atomic mass is 32.2. The van der Waals surface area contributed by atoms with Crippen LogP contribution in [-0.2, 0) is 14.8 Å². The quantitative estimate of drug-likeness (QED) is 0.454. The minimum atomic E-state index is -3.78. The third-order valence-corrected chi connectivity index (χ3v) is 6.72. The van der Waals surface area contributed by atoms with Crippen LogP contribution >= 0.6 is 0 Å². The van der Waals surface area contributed by atoms with Gasteiger partial charge in [-0.1, -0.05) is 26.0 Å². The fourth-order valence-electron chi connectivity index (χ4n) is 3.10. The van der Waals surface area contributed by atoms with Crippen molar-refractivity contribution in [3.8, 4) is 11.5 Å². The van der Waals surface area contributed by atoms with Gasteiger partial charge in [0.25, 0.3) is 5.91 Å². The standard InChI is InChI=1S/C23H32N2O6S/c1-5-25(6-2)32(27,28)22-17-18(13-14-21(22)30-8-4)24-23(26)19-11-9-10-12-20(19)31-16-15-29-7-3/h9-14,17H,5-8,15-16H2,1-4H3,(H,24,26). The van der Waals surface area contributed by atoms with E-state index in [-0.39, 0.29) is 10.6 Å². The maximum absolute atomic E-state index is 13.1. The Morgan fingerprint density at radius 2 is 1.62 bits per heavy atom. The molecule has 0 aliphatic heterocycles. The molecule has 0 bridgehead atoms. The third kappa shape index (κ3) is 6.44. The van der Waals surface area contributed by atoms with E-state index in [9.17, 15) is 13.2 Å². The summed E-state index contributed by atoms with van der Waals surface area (Å²) in [4.78, 5) is 12.9. The number of carbonyl (C=O) groups excluding carboxylic acids is 1. The summed E-state index contributed by atoms with van der Waals surface area (Å²) in [5.41, 5.74) is 0.680. The monoisotopic (exact) mass is 464 g/mol. The van der Waals surface area contributed by atoms with E-state index in [4.69, 9.17) is 14.2 Å². The molecule has 0 spiro atoms. The molecule has 0 heterocycles. The molecule has 0 aromatic heterocycles. The molecule has 0 saturated carbocycles. The smallest absolute Gasteiger partial charge is 0.259 e. The molecule has 176 valence electrons. The highest BCUT2D eigenvalue weighted by Crippen LogP contribution is 2.30. The first-order chi connectivity index (χ1) is 15.4. The van der Waals surface area contributed by atoms with Gasteiger partial charge in [-0.25, -0.2) is 8.42 Å². The number of rotatable bonds is 13. The lowest BCUT2D eigenvalue weighted by atomic mass is 10.2. The van der Waals surface area contributed by atoms with Crippen LogP contribution in [0.2, 0.25) is 0 Å². The zero-order chi connectivity index (χ0) is 23.6. The third-order valence-electron chi connectivity index (χ3n) is 4.65. The summed E-state index contributed by atoms with van der Waals surface area (Å²) in [6, 6.07) is 11.5. The zero-order valence-corrected chi connectivity index (χ0v) is 19.9. The van der Waals surface area contributed by atoms with Gasteiger partial charge in [-0.2, -0.15) is 4.31 Å². The van der Waals surface area contributed by atoms with Crippen LogP contribution in [0, 0.1) is 0 Å². The number of ether oxygens (including phenoxy) is 3. The maximum Gasteiger partial charge on any atom is 0.259 e. The number of benzene rings is 2. The lowest BCUT2D eigenvalue weighted by Gasteiger charge is -2.21. The summed E-state index contributed by atoms with van der Waals surface area (Å²) >= 11 is 0. The first kappa shape index (κ1) is 25.6. The number of amides is 1. The van der Waals surface area contributed by atoms with Gasteiger partial charge in [0.05, 0.1) is 18.8 Å². The first-order valence-electron chi connectivity index (χ1n) is 10.8. The fourth-order valence-corrected chi connectivity index (χ4v) is 4.71. The first-order valence-corrected chi connectivity index (χ1v) is 12.2. The van der Waals surface area contributed by atoms with Crippen LogP contribution < -0.4 is 14.8 Å². The van der Waals surface area contributed by atoms with Crippen molar-refractivity contribution in [3.05, 3.63) is 48.0 Å². The van der Waals surface area contributed by atoms with Crippen LogP contribution in [0.3, 0.4) is 0 Å². The number of carbonyl (C=O) groups is 1. The molecule has 0 saturated heterocycles. The van der Waals surface area contributed by atoms with Gasteiger partial charge in [0.2, 0.25) is 10.0 Å². The minimum absolute atomic E-state index is 0.0158. The molecule has 2 aromatic carbocycles. The average molecular weight is 465 g/mol. The van der Waals surface area contributed by atoms with E-state index >= 15 is 0 Å². The van der Waals surface area contributed by atoms with Gasteiger partial charge >= 0.3 is 0 Å². The Bertz CT molecular complexity index is 990. The molecule has 2 aromatic rings. The van der Waals surface area contributed by atoms with Gasteiger partial charge in [0, 0.05) is 25.4 Å². The second-order valence-electron chi connectivity index (χ2n) is 6.68. The Kier molecular flexibility index (Phi) is 9.96. The molecule has 0 aliphatic rings. The lowest BCUT2D eigenvalue weighted by Crippen LogP contribution is -2.31. The van der Waals surface area contributed by atoms with Crippen molar-refractivity contribution in [1.82, 2.24) is 4.31 Å². The minimum Gasteiger partial charge on any atom is -0.492 e. The maximum atomic E-state index is 13.1. The second kappa shape index (κ2) is 12.4. The molecule has 8 nitrogen and oxygen atoms in total. The number of nitrogens with zero attached hydrogens (tertiary/aromatic N) is 1. The molecule has 0 atom stereocenters. The predicted molar refractivity (Wildman–Crippen MR) is 124 cm³/mol. The molecule has 1 N–H and O–H groups in total. The van der Waals surface area contributed by atoms with E-state index in [1.807, 2.05) is 6.92 Å². The number of sulfonamides is 1. The molecule has 0 aliphatic carbocycles. The van der Waals surface area contributed by atoms with Gasteiger partial charge in [-0.15, -0.1) is 0 Å². The van der Waals surface area contributed by atoms with Crippen molar-refractivity contribution in [2.24, 2.45) is 0 Å². The zero-order valence-electron chi connectivity index (χ0n) is 19.1. The summed E-state index contributed by atoms with van der Waals surface area (Å²) in [7, 11) is -3.78. The number of hydrogen-bond acceptors (Lipinski definition) is 6. The molecule has 0 radical (unpaired) electrons. The highest BCUT2D eigenvalue weighted by Gasteiger charge is 2.26. The molecule has 1 amide bonds. The number of para-hydroxylation sites is 1. The summed E-state index contributed by atoms with van der Waals surface area (Å²) in [5, 5.41) is 2.77. The Hall–Kier alpha value is -2.62. The van der Waals surface area contributed by atoms with Crippen LogP contribution in [0.15, 0.2) is 47.4 Å². The summed E-state index contributed by atoms with van der Waals surface area (Å²) < 4.78 is 44.1. The SMILES string of the molecule is CCOCCOc1ccccc1C(=O)Nc1ccc(OCC)c(S(=O)(=O)N(CC)CC)c1. The summed E-state index contributed by atoms with van der Waals surface area (Å²) in [6.07, 6.45) is 0. The van der Waals surface area contributed by atoms with Gasteiger partial charge in [-0.05, 0) is 44.2 Å². The molecule has 9 heteroatoms. The van der Waals surface area contributed by atoms with Crippen molar-refractivity contribution >= 4 is 21.6 Å². The molecule has 0 fully saturated rings. The number of anilines is 1. The number of nitrogens with one attached hydrogen (secondary N) is 1. The van der Waals surface area contributed by atoms with Crippen LogP contribution in [-0.4, -0.2) is 58.1 Å². The van der Waals surface area contributed by atoms with Gasteiger partial charge < -0.3 is 19.5 Å². The fraction of sp³-hybridized carbons (Fsp3) is 0.435. The van der Waals surface area contributed by atoms with E-state index in [1.165, 1.54) is 10.4 Å².